The largest absolute Gasteiger partial charge is 0.444 e. The van der Waals surface area contributed by atoms with Gasteiger partial charge in [-0.15, -0.1) is 0 Å². The van der Waals surface area contributed by atoms with Crippen molar-refractivity contribution in [3.05, 3.63) is 84.7 Å². The van der Waals surface area contributed by atoms with Crippen molar-refractivity contribution in [2.45, 2.75) is 52.3 Å². The molecule has 1 N–H and O–H groups in total. The van der Waals surface area contributed by atoms with Crippen molar-refractivity contribution in [3.8, 4) is 11.3 Å². The number of hydrogen-bond acceptors (Lipinski definition) is 5. The van der Waals surface area contributed by atoms with Gasteiger partial charge in [-0.25, -0.2) is 24.0 Å². The Morgan fingerprint density at radius 3 is 2.19 bits per heavy atom. The number of amides is 1. The first-order valence-electron chi connectivity index (χ1n) is 12.9. The Morgan fingerprint density at radius 2 is 1.58 bits per heavy atom. The molecule has 228 valence electrons. The van der Waals surface area contributed by atoms with Crippen LogP contribution in [0.1, 0.15) is 40.2 Å². The standard InChI is InChI=1S/C23H27Cl2FN4O2.C6HCl3N2/c1-13-12-30(22(31)32-23(3,4)5)14(2)11-29(13)21(27)16-10-17(24)19(28-20(16)25)15-8-6-7-9-18(15)26;1-10-4-2-3(7)5(8)11-6(4)9/h6-10,13-14,27H,11-12H2,1-5H3;2H/t13-,14+;/m0./s1. The number of piperazine rings is 1. The van der Waals surface area contributed by atoms with E-state index in [4.69, 9.17) is 74.7 Å². The van der Waals surface area contributed by atoms with Crippen molar-refractivity contribution >= 4 is 75.6 Å². The maximum Gasteiger partial charge on any atom is 0.410 e. The van der Waals surface area contributed by atoms with Crippen LogP contribution in [-0.4, -0.2) is 62.5 Å². The Balaban J connectivity index is 0.000000386. The van der Waals surface area contributed by atoms with E-state index in [1.807, 2.05) is 39.5 Å². The van der Waals surface area contributed by atoms with Crippen LogP contribution in [0.3, 0.4) is 0 Å². The molecule has 1 saturated heterocycles. The van der Waals surface area contributed by atoms with Crippen LogP contribution in [-0.2, 0) is 4.74 Å². The van der Waals surface area contributed by atoms with Gasteiger partial charge in [0.1, 0.15) is 32.7 Å². The molecule has 1 aromatic carbocycles. The van der Waals surface area contributed by atoms with E-state index >= 15 is 0 Å². The number of nitrogens with one attached hydrogen (secondary N) is 1. The number of carbonyl (C=O) groups is 1. The predicted octanol–water partition coefficient (Wildman–Crippen LogP) is 9.44. The van der Waals surface area contributed by atoms with E-state index < -0.39 is 11.4 Å². The van der Waals surface area contributed by atoms with Crippen molar-refractivity contribution in [2.75, 3.05) is 13.1 Å². The fourth-order valence-electron chi connectivity index (χ4n) is 4.16. The van der Waals surface area contributed by atoms with Gasteiger partial charge in [0.2, 0.25) is 5.69 Å². The lowest BCUT2D eigenvalue weighted by Gasteiger charge is -2.45. The van der Waals surface area contributed by atoms with Gasteiger partial charge in [-0.05, 0) is 58.9 Å². The topological polar surface area (TPSA) is 86.8 Å². The van der Waals surface area contributed by atoms with Gasteiger partial charge in [-0.3, -0.25) is 5.41 Å². The highest BCUT2D eigenvalue weighted by atomic mass is 35.5. The molecular formula is C29H28Cl5FN6O2. The highest BCUT2D eigenvalue weighted by Crippen LogP contribution is 2.33. The van der Waals surface area contributed by atoms with Crippen LogP contribution in [0.5, 0.6) is 0 Å². The molecule has 0 bridgehead atoms. The summed E-state index contributed by atoms with van der Waals surface area (Å²) in [6, 6.07) is 8.75. The Morgan fingerprint density at radius 1 is 0.977 bits per heavy atom. The Hall–Kier alpha value is -2.87. The molecule has 1 amide bonds. The molecule has 3 aromatic rings. The zero-order valence-electron chi connectivity index (χ0n) is 23.9. The van der Waals surface area contributed by atoms with Gasteiger partial charge >= 0.3 is 6.09 Å². The summed E-state index contributed by atoms with van der Waals surface area (Å²) in [7, 11) is 0. The first-order chi connectivity index (χ1) is 20.0. The summed E-state index contributed by atoms with van der Waals surface area (Å²) in [5.74, 6) is -0.311. The van der Waals surface area contributed by atoms with E-state index in [0.29, 0.717) is 18.7 Å². The molecule has 2 atom stereocenters. The molecule has 1 fully saturated rings. The zero-order chi connectivity index (χ0) is 32.2. The summed E-state index contributed by atoms with van der Waals surface area (Å²) in [6.07, 6.45) is -0.375. The lowest BCUT2D eigenvalue weighted by molar-refractivity contribution is 0.000406. The van der Waals surface area contributed by atoms with Gasteiger partial charge in [-0.1, -0.05) is 70.1 Å². The number of nitrogens with zero attached hydrogens (tertiary/aromatic N) is 5. The zero-order valence-corrected chi connectivity index (χ0v) is 27.6. The summed E-state index contributed by atoms with van der Waals surface area (Å²) in [6.45, 7) is 16.8. The minimum Gasteiger partial charge on any atom is -0.444 e. The second-order valence-electron chi connectivity index (χ2n) is 10.7. The summed E-state index contributed by atoms with van der Waals surface area (Å²) in [5, 5.41) is 9.45. The molecule has 0 saturated carbocycles. The first-order valence-corrected chi connectivity index (χ1v) is 14.8. The molecule has 1 aliphatic heterocycles. The predicted molar refractivity (Wildman–Crippen MR) is 171 cm³/mol. The minimum atomic E-state index is -0.584. The number of ether oxygens (including phenoxy) is 1. The van der Waals surface area contributed by atoms with Crippen molar-refractivity contribution in [1.29, 1.82) is 5.41 Å². The SMILES string of the molecule is C[C@@H]1CN(C(=N)c2cc(Cl)c(-c3ccccc3F)nc2Cl)[C@@H](C)CN1C(=O)OC(C)(C)C.[C-]#[N+]c1cc(Cl)c(Cl)nc1Cl. The van der Waals surface area contributed by atoms with Crippen LogP contribution in [0.25, 0.3) is 16.1 Å². The minimum absolute atomic E-state index is 0.0621. The Kier molecular flexibility index (Phi) is 11.5. The van der Waals surface area contributed by atoms with E-state index in [9.17, 15) is 9.18 Å². The second-order valence-corrected chi connectivity index (χ2v) is 12.5. The molecule has 8 nitrogen and oxygen atoms in total. The number of aromatic nitrogens is 2. The van der Waals surface area contributed by atoms with Crippen molar-refractivity contribution in [2.24, 2.45) is 0 Å². The molecule has 0 unspecified atom stereocenters. The third kappa shape index (κ3) is 8.62. The average molecular weight is 689 g/mol. The van der Waals surface area contributed by atoms with E-state index in [1.165, 1.54) is 12.1 Å². The lowest BCUT2D eigenvalue weighted by Crippen LogP contribution is -2.60. The van der Waals surface area contributed by atoms with Gasteiger partial charge in [0.05, 0.1) is 27.9 Å². The van der Waals surface area contributed by atoms with Crippen LogP contribution in [0.4, 0.5) is 14.9 Å². The van der Waals surface area contributed by atoms with Gasteiger partial charge in [0.15, 0.2) is 0 Å². The Bertz CT molecular complexity index is 1580. The van der Waals surface area contributed by atoms with Crippen LogP contribution in [0.2, 0.25) is 25.5 Å². The summed E-state index contributed by atoms with van der Waals surface area (Å²) in [4.78, 5) is 27.1. The molecule has 14 heteroatoms. The van der Waals surface area contributed by atoms with Gasteiger partial charge in [-0.2, -0.15) is 0 Å². The van der Waals surface area contributed by atoms with Crippen LogP contribution < -0.4 is 0 Å². The fourth-order valence-corrected chi connectivity index (χ4v) is 5.15. The monoisotopic (exact) mass is 686 g/mol. The van der Waals surface area contributed by atoms with E-state index in [2.05, 4.69) is 14.8 Å². The summed E-state index contributed by atoms with van der Waals surface area (Å²) >= 11 is 29.4. The molecular weight excluding hydrogens is 661 g/mol. The lowest BCUT2D eigenvalue weighted by atomic mass is 10.1. The molecule has 4 rings (SSSR count). The normalized spacial score (nSPS) is 16.6. The number of amidine groups is 1. The van der Waals surface area contributed by atoms with Crippen LogP contribution in [0.15, 0.2) is 36.4 Å². The third-order valence-electron chi connectivity index (χ3n) is 6.20. The maximum atomic E-state index is 14.2. The number of carbonyl (C=O) groups excluding carboxylic acids is 1. The van der Waals surface area contributed by atoms with Gasteiger partial charge < -0.3 is 14.5 Å². The first kappa shape index (κ1) is 34.6. The molecule has 0 spiro atoms. The van der Waals surface area contributed by atoms with Gasteiger partial charge in [0, 0.05) is 30.7 Å². The molecule has 0 aliphatic carbocycles. The molecule has 2 aromatic heterocycles. The number of rotatable bonds is 2. The van der Waals surface area contributed by atoms with E-state index in [1.54, 1.807) is 29.2 Å². The average Bonchev–Trinajstić information content (AvgIpc) is 2.92. The van der Waals surface area contributed by atoms with E-state index in [-0.39, 0.29) is 66.5 Å². The molecule has 0 radical (unpaired) electrons. The summed E-state index contributed by atoms with van der Waals surface area (Å²) in [5.41, 5.74) is 0.440. The van der Waals surface area contributed by atoms with Crippen molar-refractivity contribution in [3.63, 3.8) is 0 Å². The fraction of sp³-hybridized carbons (Fsp3) is 0.345. The second kappa shape index (κ2) is 14.3. The third-order valence-corrected chi connectivity index (χ3v) is 7.73. The quantitative estimate of drug-likeness (QED) is 0.126. The number of halogens is 6. The molecule has 3 heterocycles. The van der Waals surface area contributed by atoms with Crippen molar-refractivity contribution in [1.82, 2.24) is 19.8 Å². The maximum absolute atomic E-state index is 14.2. The van der Waals surface area contributed by atoms with Crippen LogP contribution >= 0.6 is 58.0 Å². The van der Waals surface area contributed by atoms with Crippen molar-refractivity contribution < 1.29 is 13.9 Å². The van der Waals surface area contributed by atoms with Crippen LogP contribution in [0, 0.1) is 17.8 Å². The van der Waals surface area contributed by atoms with E-state index in [0.717, 1.165) is 0 Å². The number of pyridine rings is 2. The molecule has 43 heavy (non-hydrogen) atoms. The highest BCUT2D eigenvalue weighted by Gasteiger charge is 2.36. The Labute approximate surface area is 274 Å². The number of hydrogen-bond donors (Lipinski definition) is 1. The summed E-state index contributed by atoms with van der Waals surface area (Å²) < 4.78 is 19.7. The molecule has 1 aliphatic rings. The highest BCUT2D eigenvalue weighted by molar-refractivity contribution is 6.42. The number of benzene rings is 1. The smallest absolute Gasteiger partial charge is 0.410 e. The van der Waals surface area contributed by atoms with Gasteiger partial charge in [0.25, 0.3) is 0 Å².